The third-order valence-corrected chi connectivity index (χ3v) is 2.62. The predicted molar refractivity (Wildman–Crippen MR) is 73.8 cm³/mol. The molecule has 1 amide bonds. The fourth-order valence-corrected chi connectivity index (χ4v) is 1.67. The van der Waals surface area contributed by atoms with Crippen LogP contribution >= 0.6 is 0 Å². The Morgan fingerprint density at radius 3 is 2.55 bits per heavy atom. The van der Waals surface area contributed by atoms with E-state index in [-0.39, 0.29) is 24.8 Å². The summed E-state index contributed by atoms with van der Waals surface area (Å²) < 4.78 is 17.7. The zero-order valence-electron chi connectivity index (χ0n) is 11.5. The van der Waals surface area contributed by atoms with Crippen molar-refractivity contribution in [2.45, 2.75) is 13.3 Å². The van der Waals surface area contributed by atoms with E-state index >= 15 is 0 Å². The second kappa shape index (κ2) is 8.09. The van der Waals surface area contributed by atoms with E-state index in [9.17, 15) is 14.0 Å². The summed E-state index contributed by atoms with van der Waals surface area (Å²) in [5.74, 6) is -1.02. The molecular weight excluding hydrogens is 261 g/mol. The molecule has 0 aliphatic heterocycles. The number of halogens is 1. The molecule has 1 rings (SSSR count). The summed E-state index contributed by atoms with van der Waals surface area (Å²) in [6.45, 7) is 6.17. The van der Waals surface area contributed by atoms with Gasteiger partial charge in [0.15, 0.2) is 0 Å². The lowest BCUT2D eigenvalue weighted by Crippen LogP contribution is -2.33. The first-order chi connectivity index (χ1) is 9.58. The molecule has 20 heavy (non-hydrogen) atoms. The molecule has 0 aromatic heterocycles. The van der Waals surface area contributed by atoms with E-state index in [4.69, 9.17) is 4.74 Å². The van der Waals surface area contributed by atoms with Gasteiger partial charge in [0.05, 0.1) is 13.0 Å². The third-order valence-electron chi connectivity index (χ3n) is 2.62. The van der Waals surface area contributed by atoms with Crippen LogP contribution in [0, 0.1) is 5.82 Å². The lowest BCUT2D eigenvalue weighted by Gasteiger charge is -2.20. The number of amides is 1. The second-order valence-corrected chi connectivity index (χ2v) is 4.10. The van der Waals surface area contributed by atoms with Gasteiger partial charge in [-0.25, -0.2) is 4.39 Å². The molecule has 108 valence electrons. The van der Waals surface area contributed by atoms with Crippen molar-refractivity contribution < 1.29 is 18.7 Å². The van der Waals surface area contributed by atoms with Crippen LogP contribution in [0.25, 0.3) is 0 Å². The van der Waals surface area contributed by atoms with Gasteiger partial charge in [-0.15, -0.1) is 6.58 Å². The summed E-state index contributed by atoms with van der Waals surface area (Å²) in [6.07, 6.45) is 1.70. The molecular formula is C15H18FNO3. The Morgan fingerprint density at radius 2 is 2.00 bits per heavy atom. The van der Waals surface area contributed by atoms with Crippen LogP contribution in [-0.2, 0) is 9.53 Å². The summed E-state index contributed by atoms with van der Waals surface area (Å²) in [5.41, 5.74) is 0.372. The van der Waals surface area contributed by atoms with Crippen molar-refractivity contribution in [1.29, 1.82) is 0 Å². The molecule has 4 nitrogen and oxygen atoms in total. The van der Waals surface area contributed by atoms with Crippen LogP contribution in [0.15, 0.2) is 36.9 Å². The van der Waals surface area contributed by atoms with Crippen LogP contribution in [0.4, 0.5) is 4.39 Å². The quantitative estimate of drug-likeness (QED) is 0.569. The molecule has 0 aliphatic carbocycles. The lowest BCUT2D eigenvalue weighted by atomic mass is 10.2. The van der Waals surface area contributed by atoms with Crippen molar-refractivity contribution in [2.75, 3.05) is 19.7 Å². The van der Waals surface area contributed by atoms with E-state index in [1.165, 1.54) is 29.2 Å². The van der Waals surface area contributed by atoms with Gasteiger partial charge in [-0.2, -0.15) is 0 Å². The molecule has 0 saturated carbocycles. The van der Waals surface area contributed by atoms with Gasteiger partial charge in [0, 0.05) is 18.7 Å². The minimum atomic E-state index is -0.400. The average molecular weight is 279 g/mol. The zero-order chi connectivity index (χ0) is 15.0. The summed E-state index contributed by atoms with van der Waals surface area (Å²) in [6, 6.07) is 5.28. The highest BCUT2D eigenvalue weighted by atomic mass is 19.1. The van der Waals surface area contributed by atoms with E-state index in [0.29, 0.717) is 18.7 Å². The number of hydrogen-bond acceptors (Lipinski definition) is 3. The SMILES string of the molecule is C=CCN(CCC(=O)OCC)C(=O)c1ccc(F)cc1. The molecule has 0 radical (unpaired) electrons. The van der Waals surface area contributed by atoms with E-state index in [1.54, 1.807) is 13.0 Å². The monoisotopic (exact) mass is 279 g/mol. The first kappa shape index (κ1) is 15.9. The number of hydrogen-bond donors (Lipinski definition) is 0. The van der Waals surface area contributed by atoms with E-state index < -0.39 is 5.82 Å². The van der Waals surface area contributed by atoms with Gasteiger partial charge in [-0.3, -0.25) is 9.59 Å². The van der Waals surface area contributed by atoms with Crippen molar-refractivity contribution in [2.24, 2.45) is 0 Å². The Labute approximate surface area is 117 Å². The molecule has 0 N–H and O–H groups in total. The van der Waals surface area contributed by atoms with Gasteiger partial charge in [0.25, 0.3) is 5.91 Å². The third kappa shape index (κ3) is 4.84. The molecule has 1 aromatic carbocycles. The van der Waals surface area contributed by atoms with Crippen LogP contribution in [0.3, 0.4) is 0 Å². The number of carbonyl (C=O) groups excluding carboxylic acids is 2. The number of nitrogens with zero attached hydrogens (tertiary/aromatic N) is 1. The minimum absolute atomic E-state index is 0.120. The minimum Gasteiger partial charge on any atom is -0.466 e. The van der Waals surface area contributed by atoms with Crippen molar-refractivity contribution in [3.63, 3.8) is 0 Å². The van der Waals surface area contributed by atoms with Crippen LogP contribution < -0.4 is 0 Å². The van der Waals surface area contributed by atoms with Crippen molar-refractivity contribution >= 4 is 11.9 Å². The molecule has 0 fully saturated rings. The Bertz CT molecular complexity index is 471. The molecule has 0 aliphatic rings. The molecule has 0 saturated heterocycles. The van der Waals surface area contributed by atoms with Gasteiger partial charge in [0.2, 0.25) is 0 Å². The maximum Gasteiger partial charge on any atom is 0.307 e. The fraction of sp³-hybridized carbons (Fsp3) is 0.333. The molecule has 0 heterocycles. The highest BCUT2D eigenvalue weighted by Crippen LogP contribution is 2.08. The molecule has 0 spiro atoms. The highest BCUT2D eigenvalue weighted by molar-refractivity contribution is 5.94. The average Bonchev–Trinajstić information content (AvgIpc) is 2.44. The normalized spacial score (nSPS) is 9.90. The Kier molecular flexibility index (Phi) is 6.43. The van der Waals surface area contributed by atoms with Gasteiger partial charge < -0.3 is 9.64 Å². The summed E-state index contributed by atoms with van der Waals surface area (Å²) in [4.78, 5) is 25.0. The molecule has 0 bridgehead atoms. The first-order valence-electron chi connectivity index (χ1n) is 6.39. The van der Waals surface area contributed by atoms with Crippen LogP contribution in [-0.4, -0.2) is 36.5 Å². The van der Waals surface area contributed by atoms with E-state index in [0.717, 1.165) is 0 Å². The highest BCUT2D eigenvalue weighted by Gasteiger charge is 2.16. The summed E-state index contributed by atoms with van der Waals surface area (Å²) >= 11 is 0. The molecule has 0 atom stereocenters. The smallest absolute Gasteiger partial charge is 0.307 e. The standard InChI is InChI=1S/C15H18FNO3/c1-3-10-17(11-9-14(18)20-4-2)15(19)12-5-7-13(16)8-6-12/h3,5-8H,1,4,9-11H2,2H3. The number of ether oxygens (including phenoxy) is 1. The van der Waals surface area contributed by atoms with Gasteiger partial charge >= 0.3 is 5.97 Å². The number of rotatable bonds is 7. The molecule has 1 aromatic rings. The lowest BCUT2D eigenvalue weighted by molar-refractivity contribution is -0.143. The maximum absolute atomic E-state index is 12.8. The fourth-order valence-electron chi connectivity index (χ4n) is 1.67. The van der Waals surface area contributed by atoms with Gasteiger partial charge in [-0.1, -0.05) is 6.08 Å². The van der Waals surface area contributed by atoms with Crippen LogP contribution in [0.1, 0.15) is 23.7 Å². The topological polar surface area (TPSA) is 46.6 Å². The molecule has 5 heteroatoms. The van der Waals surface area contributed by atoms with Crippen LogP contribution in [0.2, 0.25) is 0 Å². The number of esters is 1. The summed E-state index contributed by atoms with van der Waals surface area (Å²) in [7, 11) is 0. The predicted octanol–water partition coefficient (Wildman–Crippen LogP) is 2.41. The van der Waals surface area contributed by atoms with Crippen LogP contribution in [0.5, 0.6) is 0 Å². The zero-order valence-corrected chi connectivity index (χ0v) is 11.5. The Morgan fingerprint density at radius 1 is 1.35 bits per heavy atom. The molecule has 0 unspecified atom stereocenters. The second-order valence-electron chi connectivity index (χ2n) is 4.10. The van der Waals surface area contributed by atoms with Gasteiger partial charge in [-0.05, 0) is 31.2 Å². The van der Waals surface area contributed by atoms with E-state index in [1.807, 2.05) is 0 Å². The maximum atomic E-state index is 12.8. The van der Waals surface area contributed by atoms with Crippen molar-refractivity contribution in [3.05, 3.63) is 48.3 Å². The van der Waals surface area contributed by atoms with Gasteiger partial charge in [0.1, 0.15) is 5.82 Å². The Balaban J connectivity index is 2.69. The van der Waals surface area contributed by atoms with Crippen molar-refractivity contribution in [1.82, 2.24) is 4.90 Å². The number of carbonyl (C=O) groups is 2. The first-order valence-corrected chi connectivity index (χ1v) is 6.39. The number of benzene rings is 1. The van der Waals surface area contributed by atoms with Crippen molar-refractivity contribution in [3.8, 4) is 0 Å². The largest absolute Gasteiger partial charge is 0.466 e. The summed E-state index contributed by atoms with van der Waals surface area (Å²) in [5, 5.41) is 0. The van der Waals surface area contributed by atoms with E-state index in [2.05, 4.69) is 6.58 Å². The Hall–Kier alpha value is -2.17.